The maximum absolute atomic E-state index is 12.3. The van der Waals surface area contributed by atoms with Crippen LogP contribution in [0.3, 0.4) is 0 Å². The van der Waals surface area contributed by atoms with Crippen LogP contribution in [-0.2, 0) is 23.9 Å². The molecule has 7 atom stereocenters. The van der Waals surface area contributed by atoms with Crippen LogP contribution in [0.5, 0.6) is 0 Å². The molecule has 0 spiro atoms. The Morgan fingerprint density at radius 2 is 1.89 bits per heavy atom. The van der Waals surface area contributed by atoms with Crippen molar-refractivity contribution in [3.05, 3.63) is 22.8 Å². The van der Waals surface area contributed by atoms with Crippen molar-refractivity contribution in [2.45, 2.75) is 59.7 Å². The predicted octanol–water partition coefficient (Wildman–Crippen LogP) is 4.15. The van der Waals surface area contributed by atoms with Gasteiger partial charge in [-0.05, 0) is 68.3 Å². The van der Waals surface area contributed by atoms with E-state index in [1.807, 2.05) is 6.92 Å². The highest BCUT2D eigenvalue weighted by Crippen LogP contribution is 2.66. The van der Waals surface area contributed by atoms with Gasteiger partial charge in [-0.1, -0.05) is 24.6 Å². The van der Waals surface area contributed by atoms with Crippen LogP contribution in [0.1, 0.15) is 53.4 Å². The number of esters is 2. The van der Waals surface area contributed by atoms with Gasteiger partial charge < -0.3 is 9.47 Å². The van der Waals surface area contributed by atoms with Gasteiger partial charge in [-0.25, -0.2) is 4.79 Å². The fourth-order valence-electron chi connectivity index (χ4n) is 6.71. The number of hydrogen-bond acceptors (Lipinski definition) is 5. The fraction of sp³-hybridized carbons (Fsp3) is 0.682. The maximum Gasteiger partial charge on any atom is 0.334 e. The zero-order valence-corrected chi connectivity index (χ0v) is 17.5. The summed E-state index contributed by atoms with van der Waals surface area (Å²) in [6.45, 7) is 7.26. The van der Waals surface area contributed by atoms with Gasteiger partial charge in [0.05, 0.1) is 5.41 Å². The lowest BCUT2D eigenvalue weighted by atomic mass is 9.49. The summed E-state index contributed by atoms with van der Waals surface area (Å²) in [5.41, 5.74) is -0.0330. The van der Waals surface area contributed by atoms with Crippen molar-refractivity contribution in [1.82, 2.24) is 0 Å². The molecular weight excluding hydrogens is 380 g/mol. The van der Waals surface area contributed by atoms with Crippen LogP contribution < -0.4 is 0 Å². The number of Topliss-reactive ketones (excluding diaryl/α,β-unsaturated/α-hetero) is 1. The number of cyclic esters (lactones) is 1. The lowest BCUT2D eigenvalue weighted by Crippen LogP contribution is -2.56. The van der Waals surface area contributed by atoms with Gasteiger partial charge in [-0.3, -0.25) is 9.59 Å². The van der Waals surface area contributed by atoms with Crippen LogP contribution in [0, 0.1) is 34.5 Å². The van der Waals surface area contributed by atoms with E-state index in [9.17, 15) is 14.4 Å². The molecule has 0 aromatic heterocycles. The molecule has 2 fully saturated rings. The van der Waals surface area contributed by atoms with Gasteiger partial charge in [-0.2, -0.15) is 0 Å². The molecule has 0 N–H and O–H groups in total. The Kier molecular flexibility index (Phi) is 4.53. The summed E-state index contributed by atoms with van der Waals surface area (Å²) in [7, 11) is 0. The van der Waals surface area contributed by atoms with Gasteiger partial charge in [0.25, 0.3) is 6.29 Å². The molecule has 28 heavy (non-hydrogen) atoms. The van der Waals surface area contributed by atoms with Crippen LogP contribution in [0.2, 0.25) is 0 Å². The molecule has 5 nitrogen and oxygen atoms in total. The fourth-order valence-corrected chi connectivity index (χ4v) is 7.12. The number of ketones is 1. The smallest absolute Gasteiger partial charge is 0.334 e. The van der Waals surface area contributed by atoms with Crippen LogP contribution in [-0.4, -0.2) is 24.0 Å². The molecule has 4 aliphatic rings. The molecule has 152 valence electrons. The Morgan fingerprint density at radius 3 is 2.54 bits per heavy atom. The average molecular weight is 407 g/mol. The molecule has 0 bridgehead atoms. The van der Waals surface area contributed by atoms with Gasteiger partial charge in [0.1, 0.15) is 5.78 Å². The minimum Gasteiger partial charge on any atom is -0.424 e. The third kappa shape index (κ3) is 2.62. The van der Waals surface area contributed by atoms with Gasteiger partial charge in [0.2, 0.25) is 0 Å². The standard InChI is InChI=1S/C22H27ClO5/c1-11(24)14-5-6-15-13-9-18(23)17-10-19(26)28-20(27-12(2)25)22(17,4)16(13)7-8-21(14,15)3/h9-10,13-16,20H,5-8H2,1-4H3/t13-,14-,15-,16-,20?,21+,22+/m0/s1. The van der Waals surface area contributed by atoms with Crippen molar-refractivity contribution < 1.29 is 23.9 Å². The average Bonchev–Trinajstić information content (AvgIpc) is 2.94. The Hall–Kier alpha value is -1.62. The number of halogens is 1. The molecule has 4 rings (SSSR count). The predicted molar refractivity (Wildman–Crippen MR) is 103 cm³/mol. The van der Waals surface area contributed by atoms with E-state index >= 15 is 0 Å². The molecule has 1 unspecified atom stereocenters. The highest BCUT2D eigenvalue weighted by molar-refractivity contribution is 6.32. The highest BCUT2D eigenvalue weighted by Gasteiger charge is 2.63. The normalized spacial score (nSPS) is 44.3. The van der Waals surface area contributed by atoms with E-state index in [1.54, 1.807) is 6.92 Å². The van der Waals surface area contributed by atoms with Gasteiger partial charge >= 0.3 is 11.9 Å². The van der Waals surface area contributed by atoms with E-state index in [-0.39, 0.29) is 29.0 Å². The number of rotatable bonds is 2. The van der Waals surface area contributed by atoms with E-state index in [2.05, 4.69) is 13.0 Å². The molecule has 0 aromatic carbocycles. The molecule has 1 heterocycles. The lowest BCUT2D eigenvalue weighted by molar-refractivity contribution is -0.219. The molecular formula is C22H27ClO5. The third-order valence-corrected chi connectivity index (χ3v) is 8.35. The van der Waals surface area contributed by atoms with Crippen molar-refractivity contribution in [2.24, 2.45) is 34.5 Å². The molecule has 3 aliphatic carbocycles. The summed E-state index contributed by atoms with van der Waals surface area (Å²) >= 11 is 6.68. The van der Waals surface area contributed by atoms with Crippen LogP contribution >= 0.6 is 11.6 Å². The summed E-state index contributed by atoms with van der Waals surface area (Å²) in [4.78, 5) is 36.1. The second-order valence-electron chi connectivity index (χ2n) is 9.31. The largest absolute Gasteiger partial charge is 0.424 e. The van der Waals surface area contributed by atoms with Crippen molar-refractivity contribution in [2.75, 3.05) is 0 Å². The summed E-state index contributed by atoms with van der Waals surface area (Å²) < 4.78 is 10.9. The molecule has 2 saturated carbocycles. The zero-order chi connectivity index (χ0) is 20.4. The molecule has 0 amide bonds. The van der Waals surface area contributed by atoms with E-state index < -0.39 is 23.6 Å². The first-order valence-corrected chi connectivity index (χ1v) is 10.4. The summed E-state index contributed by atoms with van der Waals surface area (Å²) in [6, 6.07) is 0. The quantitative estimate of drug-likeness (QED) is 0.644. The van der Waals surface area contributed by atoms with Crippen molar-refractivity contribution in [3.63, 3.8) is 0 Å². The second-order valence-corrected chi connectivity index (χ2v) is 9.72. The van der Waals surface area contributed by atoms with Crippen LogP contribution in [0.25, 0.3) is 0 Å². The summed E-state index contributed by atoms with van der Waals surface area (Å²) in [5, 5.41) is 0.535. The van der Waals surface area contributed by atoms with Crippen molar-refractivity contribution in [1.29, 1.82) is 0 Å². The van der Waals surface area contributed by atoms with E-state index in [1.165, 1.54) is 13.0 Å². The zero-order valence-electron chi connectivity index (χ0n) is 16.8. The van der Waals surface area contributed by atoms with E-state index in [0.29, 0.717) is 16.5 Å². The Balaban J connectivity index is 1.79. The topological polar surface area (TPSA) is 69.7 Å². The summed E-state index contributed by atoms with van der Waals surface area (Å²) in [5.74, 6) is -0.0464. The molecule has 0 saturated heterocycles. The van der Waals surface area contributed by atoms with E-state index in [0.717, 1.165) is 25.7 Å². The van der Waals surface area contributed by atoms with Crippen molar-refractivity contribution >= 4 is 29.3 Å². The van der Waals surface area contributed by atoms with Gasteiger partial charge in [0, 0.05) is 23.9 Å². The van der Waals surface area contributed by atoms with Gasteiger partial charge in [-0.15, -0.1) is 0 Å². The Morgan fingerprint density at radius 1 is 1.18 bits per heavy atom. The first-order chi connectivity index (χ1) is 13.1. The number of fused-ring (bicyclic) bond motifs is 5. The first kappa shape index (κ1) is 19.7. The van der Waals surface area contributed by atoms with Crippen LogP contribution in [0.15, 0.2) is 22.8 Å². The molecule has 6 heteroatoms. The number of allylic oxidation sites excluding steroid dienone is 2. The number of carbonyl (C=O) groups excluding carboxylic acids is 3. The maximum atomic E-state index is 12.3. The minimum absolute atomic E-state index is 0.0412. The van der Waals surface area contributed by atoms with Crippen LogP contribution in [0.4, 0.5) is 0 Å². The summed E-state index contributed by atoms with van der Waals surface area (Å²) in [6.07, 6.45) is 6.22. The van der Waals surface area contributed by atoms with Crippen molar-refractivity contribution in [3.8, 4) is 0 Å². The monoisotopic (exact) mass is 406 g/mol. The SMILES string of the molecule is CC(=O)OC1OC(=O)C=C2C(Cl)=C[C@H]3[C@@H]4CC[C@@H](C(C)=O)[C@@]4(C)CC[C@@H]3[C@]21C. The molecule has 1 aliphatic heterocycles. The number of ether oxygens (including phenoxy) is 2. The Bertz CT molecular complexity index is 814. The second kappa shape index (κ2) is 6.45. The minimum atomic E-state index is -0.984. The Labute approximate surface area is 170 Å². The highest BCUT2D eigenvalue weighted by atomic mass is 35.5. The molecule has 0 aromatic rings. The third-order valence-electron chi connectivity index (χ3n) is 8.02. The first-order valence-electron chi connectivity index (χ1n) is 10.1. The van der Waals surface area contributed by atoms with E-state index in [4.69, 9.17) is 21.1 Å². The molecule has 0 radical (unpaired) electrons. The number of hydrogen-bond donors (Lipinski definition) is 0. The van der Waals surface area contributed by atoms with Gasteiger partial charge in [0.15, 0.2) is 0 Å². The number of carbonyl (C=O) groups is 3. The lowest BCUT2D eigenvalue weighted by Gasteiger charge is -2.57.